The highest BCUT2D eigenvalue weighted by atomic mass is 16.2. The zero-order chi connectivity index (χ0) is 16.7. The number of likely N-dealkylation sites (tertiary alicyclic amines) is 1. The van der Waals surface area contributed by atoms with Crippen LogP contribution >= 0.6 is 0 Å². The van der Waals surface area contributed by atoms with E-state index in [4.69, 9.17) is 0 Å². The number of piperidine rings is 1. The normalized spacial score (nSPS) is 17.8. The van der Waals surface area contributed by atoms with E-state index in [0.717, 1.165) is 37.7 Å². The predicted octanol–water partition coefficient (Wildman–Crippen LogP) is 2.26. The van der Waals surface area contributed by atoms with Crippen LogP contribution in [0.15, 0.2) is 24.5 Å². The van der Waals surface area contributed by atoms with Crippen LogP contribution < -0.4 is 0 Å². The quantitative estimate of drug-likeness (QED) is 0.783. The Bertz CT molecular complexity index is 518. The van der Waals surface area contributed by atoms with Crippen molar-refractivity contribution in [2.45, 2.75) is 52.0 Å². The molecule has 2 rings (SSSR count). The van der Waals surface area contributed by atoms with Gasteiger partial charge in [-0.2, -0.15) is 0 Å². The molecule has 0 aliphatic carbocycles. The molecule has 1 aromatic rings. The summed E-state index contributed by atoms with van der Waals surface area (Å²) in [5, 5.41) is 0. The Kier molecular flexibility index (Phi) is 6.56. The van der Waals surface area contributed by atoms with Gasteiger partial charge in [0.05, 0.1) is 0 Å². The number of hydrogen-bond acceptors (Lipinski definition) is 3. The number of rotatable bonds is 5. The first-order valence-corrected chi connectivity index (χ1v) is 8.66. The molecule has 1 aliphatic heterocycles. The largest absolute Gasteiger partial charge is 0.334 e. The van der Waals surface area contributed by atoms with Crippen molar-refractivity contribution in [1.29, 1.82) is 0 Å². The van der Waals surface area contributed by atoms with Crippen LogP contribution in [0.1, 0.15) is 45.1 Å². The lowest BCUT2D eigenvalue weighted by atomic mass is 10.00. The van der Waals surface area contributed by atoms with Crippen molar-refractivity contribution in [2.75, 3.05) is 19.6 Å². The minimum atomic E-state index is -0.359. The zero-order valence-electron chi connectivity index (χ0n) is 14.2. The molecular weight excluding hydrogens is 290 g/mol. The first-order valence-electron chi connectivity index (χ1n) is 8.66. The van der Waals surface area contributed by atoms with Crippen LogP contribution in [0.2, 0.25) is 0 Å². The number of aromatic nitrogens is 1. The molecule has 0 bridgehead atoms. The molecule has 0 radical (unpaired) electrons. The third-order valence-electron chi connectivity index (χ3n) is 4.63. The first kappa shape index (κ1) is 17.4. The summed E-state index contributed by atoms with van der Waals surface area (Å²) in [5.41, 5.74) is 1.13. The molecule has 1 aliphatic rings. The van der Waals surface area contributed by atoms with Gasteiger partial charge in [-0.15, -0.1) is 0 Å². The topological polar surface area (TPSA) is 53.5 Å². The van der Waals surface area contributed by atoms with Crippen LogP contribution in [0.3, 0.4) is 0 Å². The maximum Gasteiger partial charge on any atom is 0.312 e. The molecular formula is C18H27N3O2. The number of likely N-dealkylation sites (N-methyl/N-ethyl adjacent to an activating group) is 1. The van der Waals surface area contributed by atoms with E-state index in [1.165, 1.54) is 0 Å². The van der Waals surface area contributed by atoms with E-state index in [2.05, 4.69) is 11.9 Å². The van der Waals surface area contributed by atoms with Crippen LogP contribution in [0.5, 0.6) is 0 Å². The van der Waals surface area contributed by atoms with Crippen molar-refractivity contribution < 1.29 is 9.59 Å². The summed E-state index contributed by atoms with van der Waals surface area (Å²) in [6.45, 7) is 5.84. The van der Waals surface area contributed by atoms with Crippen LogP contribution in [-0.2, 0) is 16.0 Å². The van der Waals surface area contributed by atoms with E-state index in [1.54, 1.807) is 22.2 Å². The van der Waals surface area contributed by atoms with Gasteiger partial charge in [0.15, 0.2) is 0 Å². The second kappa shape index (κ2) is 8.65. The van der Waals surface area contributed by atoms with Gasteiger partial charge in [-0.3, -0.25) is 14.6 Å². The van der Waals surface area contributed by atoms with E-state index in [1.807, 2.05) is 19.1 Å². The van der Waals surface area contributed by atoms with Crippen molar-refractivity contribution in [3.8, 4) is 0 Å². The standard InChI is InChI=1S/C18H27N3O2/c1-3-16-7-5-6-13-21(16)18(23)17(22)20(4-2)14-10-15-8-11-19-12-9-15/h8-9,11-12,16H,3-7,10,13-14H2,1-2H3. The van der Waals surface area contributed by atoms with E-state index >= 15 is 0 Å². The SMILES string of the molecule is CCC1CCCCN1C(=O)C(=O)N(CC)CCc1ccncc1. The molecule has 1 unspecified atom stereocenters. The average molecular weight is 317 g/mol. The highest BCUT2D eigenvalue weighted by Crippen LogP contribution is 2.20. The van der Waals surface area contributed by atoms with Gasteiger partial charge in [-0.05, 0) is 56.7 Å². The van der Waals surface area contributed by atoms with Crippen molar-refractivity contribution >= 4 is 11.8 Å². The summed E-state index contributed by atoms with van der Waals surface area (Å²) in [6, 6.07) is 4.11. The highest BCUT2D eigenvalue weighted by molar-refractivity contribution is 6.35. The van der Waals surface area contributed by atoms with Crippen LogP contribution in [-0.4, -0.2) is 52.3 Å². The molecule has 0 N–H and O–H groups in total. The van der Waals surface area contributed by atoms with Gasteiger partial charge in [0.1, 0.15) is 0 Å². The molecule has 1 atom stereocenters. The highest BCUT2D eigenvalue weighted by Gasteiger charge is 2.31. The lowest BCUT2D eigenvalue weighted by Gasteiger charge is -2.36. The summed E-state index contributed by atoms with van der Waals surface area (Å²) < 4.78 is 0. The van der Waals surface area contributed by atoms with E-state index in [0.29, 0.717) is 19.6 Å². The molecule has 126 valence electrons. The van der Waals surface area contributed by atoms with Crippen LogP contribution in [0, 0.1) is 0 Å². The summed E-state index contributed by atoms with van der Waals surface area (Å²) in [4.78, 5) is 32.6. The van der Waals surface area contributed by atoms with Gasteiger partial charge in [-0.1, -0.05) is 6.92 Å². The van der Waals surface area contributed by atoms with E-state index in [-0.39, 0.29) is 17.9 Å². The predicted molar refractivity (Wildman–Crippen MR) is 89.8 cm³/mol. The first-order chi connectivity index (χ1) is 11.2. The molecule has 5 heteroatoms. The van der Waals surface area contributed by atoms with Gasteiger partial charge in [-0.25, -0.2) is 0 Å². The van der Waals surface area contributed by atoms with Crippen molar-refractivity contribution in [3.05, 3.63) is 30.1 Å². The average Bonchev–Trinajstić information content (AvgIpc) is 2.62. The van der Waals surface area contributed by atoms with Gasteiger partial charge in [0.2, 0.25) is 0 Å². The number of hydrogen-bond donors (Lipinski definition) is 0. The van der Waals surface area contributed by atoms with Crippen LogP contribution in [0.25, 0.3) is 0 Å². The van der Waals surface area contributed by atoms with Gasteiger partial charge < -0.3 is 9.80 Å². The zero-order valence-corrected chi connectivity index (χ0v) is 14.2. The fraction of sp³-hybridized carbons (Fsp3) is 0.611. The van der Waals surface area contributed by atoms with Gasteiger partial charge in [0.25, 0.3) is 0 Å². The lowest BCUT2D eigenvalue weighted by molar-refractivity contribution is -0.154. The third-order valence-corrected chi connectivity index (χ3v) is 4.63. The second-order valence-electron chi connectivity index (χ2n) is 6.05. The molecule has 2 amide bonds. The Balaban J connectivity index is 1.96. The Morgan fingerprint density at radius 2 is 2.00 bits per heavy atom. The molecule has 0 saturated carbocycles. The summed E-state index contributed by atoms with van der Waals surface area (Å²) >= 11 is 0. The molecule has 5 nitrogen and oxygen atoms in total. The fourth-order valence-corrected chi connectivity index (χ4v) is 3.17. The number of amides is 2. The number of carbonyl (C=O) groups excluding carboxylic acids is 2. The molecule has 0 spiro atoms. The maximum atomic E-state index is 12.6. The summed E-state index contributed by atoms with van der Waals surface area (Å²) in [7, 11) is 0. The Hall–Kier alpha value is -1.91. The number of nitrogens with zero attached hydrogens (tertiary/aromatic N) is 3. The molecule has 23 heavy (non-hydrogen) atoms. The lowest BCUT2D eigenvalue weighted by Crippen LogP contribution is -2.51. The smallest absolute Gasteiger partial charge is 0.312 e. The minimum absolute atomic E-state index is 0.221. The van der Waals surface area contributed by atoms with E-state index < -0.39 is 0 Å². The molecule has 1 saturated heterocycles. The molecule has 1 aromatic heterocycles. The Labute approximate surface area is 138 Å². The minimum Gasteiger partial charge on any atom is -0.334 e. The van der Waals surface area contributed by atoms with Crippen molar-refractivity contribution in [1.82, 2.24) is 14.8 Å². The third kappa shape index (κ3) is 4.53. The van der Waals surface area contributed by atoms with E-state index in [9.17, 15) is 9.59 Å². The van der Waals surface area contributed by atoms with Gasteiger partial charge >= 0.3 is 11.8 Å². The molecule has 0 aromatic carbocycles. The molecule has 1 fully saturated rings. The number of pyridine rings is 1. The fourth-order valence-electron chi connectivity index (χ4n) is 3.17. The number of carbonyl (C=O) groups is 2. The monoisotopic (exact) mass is 317 g/mol. The Morgan fingerprint density at radius 1 is 1.26 bits per heavy atom. The second-order valence-corrected chi connectivity index (χ2v) is 6.05. The molecule has 2 heterocycles. The van der Waals surface area contributed by atoms with Crippen molar-refractivity contribution in [2.24, 2.45) is 0 Å². The van der Waals surface area contributed by atoms with Gasteiger partial charge in [0, 0.05) is 38.1 Å². The summed E-state index contributed by atoms with van der Waals surface area (Å²) in [5.74, 6) is -0.685. The summed E-state index contributed by atoms with van der Waals surface area (Å²) in [6.07, 6.45) is 8.32. The van der Waals surface area contributed by atoms with Crippen LogP contribution in [0.4, 0.5) is 0 Å². The van der Waals surface area contributed by atoms with Crippen molar-refractivity contribution in [3.63, 3.8) is 0 Å². The maximum absolute atomic E-state index is 12.6. The Morgan fingerprint density at radius 3 is 2.65 bits per heavy atom.